The Morgan fingerprint density at radius 1 is 1.42 bits per heavy atom. The molecule has 0 aliphatic carbocycles. The van der Waals surface area contributed by atoms with Crippen LogP contribution >= 0.6 is 0 Å². The van der Waals surface area contributed by atoms with Crippen LogP contribution in [0, 0.1) is 16.0 Å². The first kappa shape index (κ1) is 20.0. The summed E-state index contributed by atoms with van der Waals surface area (Å²) in [5.74, 6) is -2.35. The van der Waals surface area contributed by atoms with Crippen LogP contribution in [0.25, 0.3) is 0 Å². The van der Waals surface area contributed by atoms with Crippen molar-refractivity contribution in [1.82, 2.24) is 0 Å². The van der Waals surface area contributed by atoms with Crippen molar-refractivity contribution in [3.63, 3.8) is 0 Å². The minimum Gasteiger partial charge on any atom is -0.462 e. The molecule has 11 heteroatoms. The van der Waals surface area contributed by atoms with Crippen LogP contribution in [0.15, 0.2) is 24.3 Å². The summed E-state index contributed by atoms with van der Waals surface area (Å²) in [7, 11) is 0. The lowest BCUT2D eigenvalue weighted by Crippen LogP contribution is -2.71. The zero-order valence-electron chi connectivity index (χ0n) is 13.8. The van der Waals surface area contributed by atoms with E-state index in [0.29, 0.717) is 0 Å². The number of nitro benzene ring substituents is 1. The topological polar surface area (TPSA) is 186 Å². The van der Waals surface area contributed by atoms with Crippen molar-refractivity contribution in [2.75, 3.05) is 6.61 Å². The SMILES string of the molecule is CC(C(N)=O)[C@]1(O)[C@@H](Oc2ccc([N+](=O)[O-])cc2)O[C@H](CO)[C@H](O)[C@@H]1O. The molecule has 1 heterocycles. The first-order valence-corrected chi connectivity index (χ1v) is 7.68. The molecule has 1 amide bonds. The number of primary amides is 1. The largest absolute Gasteiger partial charge is 0.462 e. The lowest BCUT2D eigenvalue weighted by atomic mass is 9.77. The molecule has 1 aromatic carbocycles. The van der Waals surface area contributed by atoms with E-state index in [4.69, 9.17) is 15.2 Å². The molecule has 0 radical (unpaired) electrons. The van der Waals surface area contributed by atoms with Gasteiger partial charge in [-0.1, -0.05) is 6.92 Å². The molecule has 0 bridgehead atoms. The van der Waals surface area contributed by atoms with Gasteiger partial charge in [-0.2, -0.15) is 0 Å². The number of aliphatic hydroxyl groups excluding tert-OH is 3. The summed E-state index contributed by atoms with van der Waals surface area (Å²) in [5.41, 5.74) is 2.57. The Balaban J connectivity index is 2.36. The van der Waals surface area contributed by atoms with Crippen LogP contribution in [0.4, 0.5) is 5.69 Å². The fraction of sp³-hybridized carbons (Fsp3) is 0.533. The van der Waals surface area contributed by atoms with E-state index in [1.807, 2.05) is 0 Å². The van der Waals surface area contributed by atoms with Crippen LogP contribution in [-0.2, 0) is 9.53 Å². The lowest BCUT2D eigenvalue weighted by molar-refractivity contribution is -0.384. The molecule has 6 N–H and O–H groups in total. The highest BCUT2D eigenvalue weighted by Gasteiger charge is 2.60. The van der Waals surface area contributed by atoms with Gasteiger partial charge in [0.05, 0.1) is 17.4 Å². The Kier molecular flexibility index (Phi) is 5.78. The average Bonchev–Trinajstić information content (AvgIpc) is 2.61. The van der Waals surface area contributed by atoms with Crippen LogP contribution in [-0.4, -0.2) is 68.1 Å². The zero-order chi connectivity index (χ0) is 19.6. The number of amides is 1. The smallest absolute Gasteiger partial charge is 0.269 e. The second kappa shape index (κ2) is 7.51. The number of aliphatic hydroxyl groups is 4. The third kappa shape index (κ3) is 3.48. The highest BCUT2D eigenvalue weighted by atomic mass is 16.7. The molecule has 1 aliphatic rings. The quantitative estimate of drug-likeness (QED) is 0.285. The Bertz CT molecular complexity index is 668. The van der Waals surface area contributed by atoms with E-state index in [1.165, 1.54) is 19.1 Å². The van der Waals surface area contributed by atoms with Gasteiger partial charge < -0.3 is 35.6 Å². The lowest BCUT2D eigenvalue weighted by Gasteiger charge is -2.49. The molecule has 1 fully saturated rings. The van der Waals surface area contributed by atoms with Crippen LogP contribution < -0.4 is 10.5 Å². The van der Waals surface area contributed by atoms with Gasteiger partial charge in [0.2, 0.25) is 12.2 Å². The molecule has 11 nitrogen and oxygen atoms in total. The van der Waals surface area contributed by atoms with Crippen LogP contribution in [0.1, 0.15) is 6.92 Å². The second-order valence-electron chi connectivity index (χ2n) is 6.00. The fourth-order valence-corrected chi connectivity index (χ4v) is 2.70. The number of rotatable bonds is 6. The maximum Gasteiger partial charge on any atom is 0.269 e. The molecule has 2 rings (SSSR count). The zero-order valence-corrected chi connectivity index (χ0v) is 13.8. The summed E-state index contributed by atoms with van der Waals surface area (Å²) < 4.78 is 10.8. The van der Waals surface area contributed by atoms with E-state index >= 15 is 0 Å². The van der Waals surface area contributed by atoms with Gasteiger partial charge in [0, 0.05) is 12.1 Å². The third-order valence-corrected chi connectivity index (χ3v) is 4.45. The van der Waals surface area contributed by atoms with Crippen LogP contribution in [0.2, 0.25) is 0 Å². The van der Waals surface area contributed by atoms with E-state index in [1.54, 1.807) is 0 Å². The molecule has 0 aromatic heterocycles. The number of nitrogens with two attached hydrogens (primary N) is 1. The summed E-state index contributed by atoms with van der Waals surface area (Å²) in [4.78, 5) is 21.6. The van der Waals surface area contributed by atoms with Gasteiger partial charge in [0.25, 0.3) is 5.69 Å². The molecule has 0 saturated carbocycles. The number of nitro groups is 1. The molecule has 144 valence electrons. The Hall–Kier alpha value is -2.31. The highest BCUT2D eigenvalue weighted by molar-refractivity contribution is 5.77. The molecule has 6 atom stereocenters. The van der Waals surface area contributed by atoms with Crippen molar-refractivity contribution >= 4 is 11.6 Å². The molecular weight excluding hydrogens is 352 g/mol. The number of carbonyl (C=O) groups is 1. The van der Waals surface area contributed by atoms with Gasteiger partial charge in [-0.05, 0) is 12.1 Å². The van der Waals surface area contributed by atoms with Gasteiger partial charge in [-0.3, -0.25) is 14.9 Å². The number of carbonyl (C=O) groups excluding carboxylic acids is 1. The second-order valence-corrected chi connectivity index (χ2v) is 6.00. The Morgan fingerprint density at radius 2 is 2.00 bits per heavy atom. The summed E-state index contributed by atoms with van der Waals surface area (Å²) >= 11 is 0. The van der Waals surface area contributed by atoms with Crippen LogP contribution in [0.3, 0.4) is 0 Å². The Morgan fingerprint density at radius 3 is 2.46 bits per heavy atom. The first-order valence-electron chi connectivity index (χ1n) is 7.68. The van der Waals surface area contributed by atoms with Crippen molar-refractivity contribution in [2.45, 2.75) is 37.1 Å². The number of benzene rings is 1. The van der Waals surface area contributed by atoms with E-state index in [9.17, 15) is 35.3 Å². The predicted octanol–water partition coefficient (Wildman–Crippen LogP) is -1.73. The minimum atomic E-state index is -2.43. The van der Waals surface area contributed by atoms with E-state index in [2.05, 4.69) is 0 Å². The number of hydrogen-bond donors (Lipinski definition) is 5. The molecule has 1 unspecified atom stereocenters. The van der Waals surface area contributed by atoms with Gasteiger partial charge >= 0.3 is 0 Å². The van der Waals surface area contributed by atoms with Gasteiger partial charge in [-0.25, -0.2) is 0 Å². The predicted molar refractivity (Wildman–Crippen MR) is 84.8 cm³/mol. The van der Waals surface area contributed by atoms with Crippen molar-refractivity contribution in [1.29, 1.82) is 0 Å². The molecule has 1 aliphatic heterocycles. The number of ether oxygens (including phenoxy) is 2. The normalized spacial score (nSPS) is 32.7. The number of non-ortho nitro benzene ring substituents is 1. The van der Waals surface area contributed by atoms with Gasteiger partial charge in [-0.15, -0.1) is 0 Å². The van der Waals surface area contributed by atoms with Crippen molar-refractivity contribution in [2.24, 2.45) is 11.7 Å². The van der Waals surface area contributed by atoms with E-state index in [0.717, 1.165) is 12.1 Å². The number of nitrogens with zero attached hydrogens (tertiary/aromatic N) is 1. The van der Waals surface area contributed by atoms with E-state index < -0.39 is 53.6 Å². The van der Waals surface area contributed by atoms with Crippen molar-refractivity contribution < 1.29 is 39.6 Å². The maximum absolute atomic E-state index is 11.6. The van der Waals surface area contributed by atoms with Gasteiger partial charge in [0.1, 0.15) is 24.1 Å². The summed E-state index contributed by atoms with van der Waals surface area (Å²) in [6, 6.07) is 4.73. The molecule has 26 heavy (non-hydrogen) atoms. The van der Waals surface area contributed by atoms with Crippen LogP contribution in [0.5, 0.6) is 5.75 Å². The molecular formula is C15H20N2O9. The number of hydrogen-bond acceptors (Lipinski definition) is 9. The van der Waals surface area contributed by atoms with Crippen molar-refractivity contribution in [3.8, 4) is 5.75 Å². The standard InChI is InChI=1S/C15H20N2O9/c1-7(13(16)21)15(22)12(20)11(19)10(6-18)26-14(15)25-9-4-2-8(3-5-9)17(23)24/h2-5,7,10-12,14,18-20,22H,6H2,1H3,(H2,16,21)/t7?,10-,11+,12+,14+,15-/m1/s1. The molecule has 0 spiro atoms. The molecule has 1 aromatic rings. The summed E-state index contributed by atoms with van der Waals surface area (Å²) in [6.07, 6.45) is -6.61. The third-order valence-electron chi connectivity index (χ3n) is 4.45. The Labute approximate surface area is 147 Å². The summed E-state index contributed by atoms with van der Waals surface area (Å²) in [6.45, 7) is 0.520. The average molecular weight is 372 g/mol. The first-order chi connectivity index (χ1) is 12.1. The highest BCUT2D eigenvalue weighted by Crippen LogP contribution is 2.37. The summed E-state index contributed by atoms with van der Waals surface area (Å²) in [5, 5.41) is 51.2. The minimum absolute atomic E-state index is 0.0241. The monoisotopic (exact) mass is 372 g/mol. The molecule has 1 saturated heterocycles. The van der Waals surface area contributed by atoms with Gasteiger partial charge in [0.15, 0.2) is 5.60 Å². The van der Waals surface area contributed by atoms with E-state index in [-0.39, 0.29) is 11.4 Å². The fourth-order valence-electron chi connectivity index (χ4n) is 2.70. The maximum atomic E-state index is 11.6. The van der Waals surface area contributed by atoms with Crippen molar-refractivity contribution in [3.05, 3.63) is 34.4 Å².